The molecule has 3 N–H and O–H groups in total. The Hall–Kier alpha value is -1.06. The van der Waals surface area contributed by atoms with E-state index in [1.165, 1.54) is 11.1 Å². The highest BCUT2D eigenvalue weighted by molar-refractivity contribution is 6.30. The van der Waals surface area contributed by atoms with Crippen LogP contribution in [0.1, 0.15) is 37.1 Å². The minimum Gasteiger partial charge on any atom is -0.392 e. The smallest absolute Gasteiger partial charge is 0.117 e. The van der Waals surface area contributed by atoms with Crippen LogP contribution in [-0.4, -0.2) is 11.2 Å². The number of nitrogens with two attached hydrogens (primary N) is 1. The van der Waals surface area contributed by atoms with Crippen LogP contribution in [0.2, 0.25) is 10.0 Å². The van der Waals surface area contributed by atoms with Crippen LogP contribution in [0.5, 0.6) is 0 Å². The van der Waals surface area contributed by atoms with E-state index in [9.17, 15) is 5.11 Å². The van der Waals surface area contributed by atoms with E-state index in [0.717, 1.165) is 10.0 Å². The first-order valence-corrected chi connectivity index (χ1v) is 8.77. The van der Waals surface area contributed by atoms with Gasteiger partial charge in [-0.2, -0.15) is 0 Å². The lowest BCUT2D eigenvalue weighted by atomic mass is 9.75. The Morgan fingerprint density at radius 1 is 0.739 bits per heavy atom. The molecular weight excluding hydrogens is 329 g/mol. The number of hydrogen-bond donors (Lipinski definition) is 2. The van der Waals surface area contributed by atoms with E-state index in [4.69, 9.17) is 23.2 Å². The minimum atomic E-state index is -0.346. The Kier molecular flexibility index (Phi) is 4.98. The summed E-state index contributed by atoms with van der Waals surface area (Å²) in [5, 5.41) is 14.6. The molecule has 2 aromatic carbocycles. The van der Waals surface area contributed by atoms with E-state index in [1.807, 2.05) is 24.3 Å². The predicted molar refractivity (Wildman–Crippen MR) is 94.6 cm³/mol. The molecule has 23 heavy (non-hydrogen) atoms. The molecule has 2 nitrogen and oxygen atoms in total. The standard InChI is InChI=1S/C19H21Cl2NO/c1-11-17(13-3-7-15(20)8-4-13)22-18(12(2)19(11)23)14-5-9-16(21)10-6-14/h3-12,17-19,22-23H,1-2H3/p+1/t11-,12-,17-,18+,19?/m0/s1. The van der Waals surface area contributed by atoms with Gasteiger partial charge in [-0.05, 0) is 24.3 Å². The van der Waals surface area contributed by atoms with Crippen molar-refractivity contribution >= 4 is 23.2 Å². The third-order valence-electron chi connectivity index (χ3n) is 5.13. The summed E-state index contributed by atoms with van der Waals surface area (Å²) in [6, 6.07) is 16.3. The average molecular weight is 351 g/mol. The number of aliphatic hydroxyl groups excluding tert-OH is 1. The van der Waals surface area contributed by atoms with Crippen molar-refractivity contribution < 1.29 is 10.4 Å². The van der Waals surface area contributed by atoms with Gasteiger partial charge >= 0.3 is 0 Å². The summed E-state index contributed by atoms with van der Waals surface area (Å²) >= 11 is 12.0. The topological polar surface area (TPSA) is 36.8 Å². The Labute approximate surface area is 147 Å². The number of halogens is 2. The van der Waals surface area contributed by atoms with Gasteiger partial charge in [-0.1, -0.05) is 61.3 Å². The van der Waals surface area contributed by atoms with Gasteiger partial charge in [0.2, 0.25) is 0 Å². The first-order chi connectivity index (χ1) is 11.0. The number of piperidine rings is 1. The summed E-state index contributed by atoms with van der Waals surface area (Å²) in [5.41, 5.74) is 2.40. The van der Waals surface area contributed by atoms with E-state index < -0.39 is 0 Å². The summed E-state index contributed by atoms with van der Waals surface area (Å²) in [6.45, 7) is 4.24. The fourth-order valence-corrected chi connectivity index (χ4v) is 3.93. The van der Waals surface area contributed by atoms with E-state index >= 15 is 0 Å². The molecule has 1 aliphatic rings. The summed E-state index contributed by atoms with van der Waals surface area (Å²) < 4.78 is 0. The van der Waals surface area contributed by atoms with E-state index in [0.29, 0.717) is 0 Å². The maximum absolute atomic E-state index is 10.7. The number of benzene rings is 2. The average Bonchev–Trinajstić information content (AvgIpc) is 2.55. The van der Waals surface area contributed by atoms with Crippen LogP contribution in [0.25, 0.3) is 0 Å². The summed E-state index contributed by atoms with van der Waals surface area (Å²) in [6.07, 6.45) is -0.346. The fourth-order valence-electron chi connectivity index (χ4n) is 3.68. The van der Waals surface area contributed by atoms with Crippen LogP contribution < -0.4 is 5.32 Å². The van der Waals surface area contributed by atoms with Crippen LogP contribution in [0.3, 0.4) is 0 Å². The van der Waals surface area contributed by atoms with E-state index in [1.54, 1.807) is 0 Å². The molecule has 0 amide bonds. The van der Waals surface area contributed by atoms with Crippen LogP contribution in [0.15, 0.2) is 48.5 Å². The monoisotopic (exact) mass is 350 g/mol. The number of quaternary nitrogens is 1. The minimum absolute atomic E-state index is 0.176. The lowest BCUT2D eigenvalue weighted by molar-refractivity contribution is -0.760. The summed E-state index contributed by atoms with van der Waals surface area (Å²) in [5.74, 6) is 0.351. The molecule has 0 radical (unpaired) electrons. The zero-order valence-corrected chi connectivity index (χ0v) is 14.8. The van der Waals surface area contributed by atoms with Crippen LogP contribution >= 0.6 is 23.2 Å². The molecule has 5 atom stereocenters. The summed E-state index contributed by atoms with van der Waals surface area (Å²) in [4.78, 5) is 0. The van der Waals surface area contributed by atoms with Gasteiger partial charge in [-0.15, -0.1) is 0 Å². The predicted octanol–water partition coefficient (Wildman–Crippen LogP) is 3.99. The molecular formula is C19H22Cl2NO+. The van der Waals surface area contributed by atoms with Gasteiger partial charge in [0.1, 0.15) is 12.1 Å². The first kappa shape index (κ1) is 16.8. The Bertz CT molecular complexity index is 599. The number of aliphatic hydroxyl groups is 1. The molecule has 0 spiro atoms. The molecule has 122 valence electrons. The second kappa shape index (κ2) is 6.82. The molecule has 0 saturated carbocycles. The third kappa shape index (κ3) is 3.41. The molecule has 1 fully saturated rings. The zero-order valence-electron chi connectivity index (χ0n) is 13.3. The van der Waals surface area contributed by atoms with Crippen molar-refractivity contribution in [2.24, 2.45) is 11.8 Å². The van der Waals surface area contributed by atoms with E-state index in [2.05, 4.69) is 43.4 Å². The van der Waals surface area contributed by atoms with Gasteiger partial charge < -0.3 is 10.4 Å². The Balaban J connectivity index is 1.92. The van der Waals surface area contributed by atoms with Crippen LogP contribution in [0.4, 0.5) is 0 Å². The fraction of sp³-hybridized carbons (Fsp3) is 0.368. The molecule has 0 aliphatic carbocycles. The van der Waals surface area contributed by atoms with Crippen molar-refractivity contribution in [3.05, 3.63) is 69.7 Å². The van der Waals surface area contributed by atoms with Gasteiger partial charge in [0, 0.05) is 33.0 Å². The maximum atomic E-state index is 10.7. The summed E-state index contributed by atoms with van der Waals surface area (Å²) in [7, 11) is 0. The molecule has 2 aromatic rings. The Morgan fingerprint density at radius 3 is 1.43 bits per heavy atom. The molecule has 1 unspecified atom stereocenters. The quantitative estimate of drug-likeness (QED) is 0.844. The molecule has 3 rings (SSSR count). The SMILES string of the molecule is C[C@@H]1C(O)[C@@H](C)[C@H](c2ccc(Cl)cc2)[NH2+][C@@H]1c1ccc(Cl)cc1. The molecule has 1 saturated heterocycles. The molecule has 0 bridgehead atoms. The lowest BCUT2D eigenvalue weighted by Crippen LogP contribution is -2.92. The van der Waals surface area contributed by atoms with Crippen molar-refractivity contribution in [3.63, 3.8) is 0 Å². The van der Waals surface area contributed by atoms with Crippen molar-refractivity contribution in [2.45, 2.75) is 32.0 Å². The normalized spacial score (nSPS) is 31.1. The molecule has 4 heteroatoms. The van der Waals surface area contributed by atoms with Crippen molar-refractivity contribution in [3.8, 4) is 0 Å². The van der Waals surface area contributed by atoms with Crippen molar-refractivity contribution in [1.29, 1.82) is 0 Å². The highest BCUT2D eigenvalue weighted by atomic mass is 35.5. The van der Waals surface area contributed by atoms with E-state index in [-0.39, 0.29) is 30.0 Å². The highest BCUT2D eigenvalue weighted by Gasteiger charge is 2.43. The number of rotatable bonds is 2. The third-order valence-corrected chi connectivity index (χ3v) is 5.64. The lowest BCUT2D eigenvalue weighted by Gasteiger charge is -2.41. The van der Waals surface area contributed by atoms with Gasteiger partial charge in [-0.25, -0.2) is 0 Å². The molecule has 1 aliphatic heterocycles. The number of hydrogen-bond acceptors (Lipinski definition) is 1. The van der Waals surface area contributed by atoms with Gasteiger partial charge in [0.25, 0.3) is 0 Å². The first-order valence-electron chi connectivity index (χ1n) is 8.01. The maximum Gasteiger partial charge on any atom is 0.117 e. The van der Waals surface area contributed by atoms with Gasteiger partial charge in [0.05, 0.1) is 6.10 Å². The van der Waals surface area contributed by atoms with Crippen LogP contribution in [-0.2, 0) is 0 Å². The zero-order chi connectivity index (χ0) is 16.6. The Morgan fingerprint density at radius 2 is 1.09 bits per heavy atom. The van der Waals surface area contributed by atoms with Gasteiger partial charge in [0.15, 0.2) is 0 Å². The molecule has 0 aromatic heterocycles. The molecule has 1 heterocycles. The van der Waals surface area contributed by atoms with Crippen LogP contribution in [0, 0.1) is 11.8 Å². The second-order valence-corrected chi connectivity index (χ2v) is 7.43. The van der Waals surface area contributed by atoms with Crippen molar-refractivity contribution in [2.75, 3.05) is 0 Å². The second-order valence-electron chi connectivity index (χ2n) is 6.56. The highest BCUT2D eigenvalue weighted by Crippen LogP contribution is 2.35. The van der Waals surface area contributed by atoms with Gasteiger partial charge in [-0.3, -0.25) is 0 Å². The largest absolute Gasteiger partial charge is 0.392 e. The van der Waals surface area contributed by atoms with Crippen molar-refractivity contribution in [1.82, 2.24) is 0 Å².